The van der Waals surface area contributed by atoms with E-state index < -0.39 is 27.7 Å². The van der Waals surface area contributed by atoms with Gasteiger partial charge in [0.2, 0.25) is 5.91 Å². The van der Waals surface area contributed by atoms with Gasteiger partial charge in [-0.1, -0.05) is 114 Å². The monoisotopic (exact) mass is 631 g/mol. The van der Waals surface area contributed by atoms with Crippen molar-refractivity contribution in [1.82, 2.24) is 9.80 Å². The summed E-state index contributed by atoms with van der Waals surface area (Å²) in [6.07, 6.45) is 11.3. The molecule has 1 fully saturated rings. The van der Waals surface area contributed by atoms with E-state index >= 15 is 0 Å². The maximum absolute atomic E-state index is 13.0. The Morgan fingerprint density at radius 1 is 0.907 bits per heavy atom. The average molecular weight is 632 g/mol. The number of urea groups is 1. The number of nitrogens with one attached hydrogen (secondary N) is 1. The molecule has 4 amide bonds. The lowest BCUT2D eigenvalue weighted by molar-refractivity contribution is -0.125. The number of sulfone groups is 1. The van der Waals surface area contributed by atoms with Crippen molar-refractivity contribution >= 4 is 45.0 Å². The van der Waals surface area contributed by atoms with E-state index in [1.807, 2.05) is 30.3 Å². The van der Waals surface area contributed by atoms with Crippen molar-refractivity contribution in [2.24, 2.45) is 5.92 Å². The van der Waals surface area contributed by atoms with Crippen LogP contribution in [-0.4, -0.2) is 54.1 Å². The maximum Gasteiger partial charge on any atom is 0.327 e. The standard InChI is InChI=1S/C33H46ClN3O5S/c1-3-4-5-6-7-8-9-10-11-15-20-43(41,42)25-26(2)32(39)35-29-18-19-30(34)28(21-29)23-37-31(38)24-36(33(37)40)22-27-16-13-12-14-17-27/h12-14,16-19,21,26H,3-11,15,20,22-25H2,1-2H3,(H,35,39). The van der Waals surface area contributed by atoms with Gasteiger partial charge in [0.15, 0.2) is 9.84 Å². The van der Waals surface area contributed by atoms with Gasteiger partial charge < -0.3 is 10.2 Å². The minimum absolute atomic E-state index is 0.0209. The fourth-order valence-corrected chi connectivity index (χ4v) is 7.14. The van der Waals surface area contributed by atoms with Crippen molar-refractivity contribution in [3.8, 4) is 0 Å². The van der Waals surface area contributed by atoms with E-state index in [9.17, 15) is 22.8 Å². The Morgan fingerprint density at radius 3 is 2.19 bits per heavy atom. The molecule has 1 N–H and O–H groups in total. The van der Waals surface area contributed by atoms with Crippen molar-refractivity contribution in [2.75, 3.05) is 23.4 Å². The molecule has 43 heavy (non-hydrogen) atoms. The SMILES string of the molecule is CCCCCCCCCCCCS(=O)(=O)CC(C)C(=O)Nc1ccc(Cl)c(CN2C(=O)CN(Cc3ccccc3)C2=O)c1. The van der Waals surface area contributed by atoms with Crippen molar-refractivity contribution in [3.05, 3.63) is 64.7 Å². The molecule has 10 heteroatoms. The van der Waals surface area contributed by atoms with Crippen molar-refractivity contribution < 1.29 is 22.8 Å². The van der Waals surface area contributed by atoms with Crippen LogP contribution in [-0.2, 0) is 32.5 Å². The van der Waals surface area contributed by atoms with Crippen LogP contribution in [0.3, 0.4) is 0 Å². The van der Waals surface area contributed by atoms with Crippen LogP contribution in [0.25, 0.3) is 0 Å². The second-order valence-corrected chi connectivity index (χ2v) is 14.2. The Hall–Kier alpha value is -2.91. The summed E-state index contributed by atoms with van der Waals surface area (Å²) in [4.78, 5) is 41.1. The molecule has 1 heterocycles. The topological polar surface area (TPSA) is 104 Å². The number of unbranched alkanes of at least 4 members (excludes halogenated alkanes) is 9. The molecule has 1 saturated heterocycles. The molecular formula is C33H46ClN3O5S. The van der Waals surface area contributed by atoms with E-state index in [1.165, 1.54) is 43.4 Å². The summed E-state index contributed by atoms with van der Waals surface area (Å²) in [5, 5.41) is 3.12. The molecule has 8 nitrogen and oxygen atoms in total. The number of carbonyl (C=O) groups is 3. The van der Waals surface area contributed by atoms with Crippen LogP contribution in [0.1, 0.15) is 89.2 Å². The molecule has 1 unspecified atom stereocenters. The number of hydrogen-bond donors (Lipinski definition) is 1. The van der Waals surface area contributed by atoms with Crippen LogP contribution in [0.2, 0.25) is 5.02 Å². The van der Waals surface area contributed by atoms with Crippen LogP contribution >= 0.6 is 11.6 Å². The number of benzene rings is 2. The van der Waals surface area contributed by atoms with Crippen molar-refractivity contribution in [3.63, 3.8) is 0 Å². The predicted molar refractivity (Wildman–Crippen MR) is 173 cm³/mol. The van der Waals surface area contributed by atoms with E-state index in [4.69, 9.17) is 11.6 Å². The molecule has 0 radical (unpaired) electrons. The highest BCUT2D eigenvalue weighted by Gasteiger charge is 2.36. The van der Waals surface area contributed by atoms with Gasteiger partial charge in [0.1, 0.15) is 6.54 Å². The summed E-state index contributed by atoms with van der Waals surface area (Å²) in [7, 11) is -3.36. The molecule has 2 aromatic rings. The van der Waals surface area contributed by atoms with Crippen LogP contribution in [0, 0.1) is 5.92 Å². The van der Waals surface area contributed by atoms with Crippen LogP contribution in [0.15, 0.2) is 48.5 Å². The Labute approximate surface area is 262 Å². The summed E-state index contributed by atoms with van der Waals surface area (Å²) in [6, 6.07) is 13.9. The van der Waals surface area contributed by atoms with Gasteiger partial charge in [0.25, 0.3) is 5.91 Å². The van der Waals surface area contributed by atoms with Gasteiger partial charge >= 0.3 is 6.03 Å². The number of amides is 4. The molecule has 236 valence electrons. The molecule has 2 aromatic carbocycles. The first kappa shape index (κ1) is 34.6. The zero-order valence-corrected chi connectivity index (χ0v) is 27.1. The molecule has 0 aliphatic carbocycles. The molecule has 3 rings (SSSR count). The van der Waals surface area contributed by atoms with Gasteiger partial charge in [-0.3, -0.25) is 14.5 Å². The summed E-state index contributed by atoms with van der Waals surface area (Å²) < 4.78 is 25.3. The first-order valence-corrected chi connectivity index (χ1v) is 17.7. The molecule has 0 saturated carbocycles. The van der Waals surface area contributed by atoms with Crippen molar-refractivity contribution in [1.29, 1.82) is 0 Å². The lowest BCUT2D eigenvalue weighted by Gasteiger charge is -2.18. The fourth-order valence-electron chi connectivity index (χ4n) is 5.24. The van der Waals surface area contributed by atoms with Crippen LogP contribution in [0.5, 0.6) is 0 Å². The molecular weight excluding hydrogens is 586 g/mol. The molecule has 0 spiro atoms. The first-order valence-electron chi connectivity index (χ1n) is 15.5. The Bertz CT molecular complexity index is 1320. The predicted octanol–water partition coefficient (Wildman–Crippen LogP) is 7.21. The minimum atomic E-state index is -3.36. The minimum Gasteiger partial charge on any atom is -0.326 e. The van der Waals surface area contributed by atoms with E-state index in [0.29, 0.717) is 29.2 Å². The number of halogens is 1. The number of anilines is 1. The summed E-state index contributed by atoms with van der Waals surface area (Å²) in [6.45, 7) is 4.08. The quantitative estimate of drug-likeness (QED) is 0.130. The van der Waals surface area contributed by atoms with E-state index in [-0.39, 0.29) is 30.5 Å². The fraction of sp³-hybridized carbons (Fsp3) is 0.545. The Morgan fingerprint density at radius 2 is 1.53 bits per heavy atom. The number of rotatable bonds is 19. The third-order valence-corrected chi connectivity index (χ3v) is 10.0. The number of imide groups is 1. The number of nitrogens with zero attached hydrogens (tertiary/aromatic N) is 2. The maximum atomic E-state index is 13.0. The third-order valence-electron chi connectivity index (χ3n) is 7.75. The highest BCUT2D eigenvalue weighted by atomic mass is 35.5. The lowest BCUT2D eigenvalue weighted by atomic mass is 10.1. The van der Waals surface area contributed by atoms with Crippen LogP contribution < -0.4 is 5.32 Å². The highest BCUT2D eigenvalue weighted by molar-refractivity contribution is 7.91. The largest absolute Gasteiger partial charge is 0.327 e. The zero-order chi connectivity index (χ0) is 31.2. The second kappa shape index (κ2) is 17.4. The van der Waals surface area contributed by atoms with Crippen molar-refractivity contribution in [2.45, 2.75) is 91.1 Å². The first-order chi connectivity index (χ1) is 20.6. The van der Waals surface area contributed by atoms with Gasteiger partial charge in [0.05, 0.1) is 18.1 Å². The summed E-state index contributed by atoms with van der Waals surface area (Å²) in [5.74, 6) is -1.61. The van der Waals surface area contributed by atoms with Gasteiger partial charge in [0, 0.05) is 23.2 Å². The van der Waals surface area contributed by atoms with Gasteiger partial charge in [-0.25, -0.2) is 13.2 Å². The van der Waals surface area contributed by atoms with Gasteiger partial charge in [-0.2, -0.15) is 0 Å². The number of hydrogen-bond acceptors (Lipinski definition) is 5. The van der Waals surface area contributed by atoms with E-state index in [2.05, 4.69) is 12.2 Å². The molecule has 0 aromatic heterocycles. The molecule has 1 aliphatic heterocycles. The van der Waals surface area contributed by atoms with E-state index in [0.717, 1.165) is 29.7 Å². The molecule has 1 atom stereocenters. The second-order valence-electron chi connectivity index (χ2n) is 11.6. The zero-order valence-electron chi connectivity index (χ0n) is 25.5. The van der Waals surface area contributed by atoms with E-state index in [1.54, 1.807) is 25.1 Å². The third kappa shape index (κ3) is 11.6. The normalized spacial score (nSPS) is 14.4. The highest BCUT2D eigenvalue weighted by Crippen LogP contribution is 2.25. The average Bonchev–Trinajstić information content (AvgIpc) is 3.23. The lowest BCUT2D eigenvalue weighted by Crippen LogP contribution is -2.32. The Balaban J connectivity index is 1.45. The summed E-state index contributed by atoms with van der Waals surface area (Å²) >= 11 is 6.38. The Kier molecular flexibility index (Phi) is 14.0. The smallest absolute Gasteiger partial charge is 0.326 e. The number of carbonyl (C=O) groups excluding carboxylic acids is 3. The van der Waals surface area contributed by atoms with Gasteiger partial charge in [-0.15, -0.1) is 0 Å². The molecule has 0 bridgehead atoms. The van der Waals surface area contributed by atoms with Gasteiger partial charge in [-0.05, 0) is 35.7 Å². The summed E-state index contributed by atoms with van der Waals surface area (Å²) in [5.41, 5.74) is 1.85. The van der Waals surface area contributed by atoms with Crippen LogP contribution in [0.4, 0.5) is 10.5 Å². The molecule has 1 aliphatic rings.